The maximum Gasteiger partial charge on any atom is 0.0960 e. The molecule has 1 aliphatic carbocycles. The van der Waals surface area contributed by atoms with Crippen LogP contribution in [0.3, 0.4) is 0 Å². The number of hydrogen-bond acceptors (Lipinski definition) is 3. The molecule has 5 rings (SSSR count). The van der Waals surface area contributed by atoms with E-state index in [0.717, 1.165) is 19.6 Å². The molecule has 4 aliphatic rings. The quantitative estimate of drug-likeness (QED) is 0.911. The standard InChI is InChI=1S/C17H24N2O/c20-17(16-12-18-8-10-19(16)11-9-18)15-7-2-1-6-14(15)13-4-3-5-13/h1-2,6-7,13,16-17,20H,3-5,8-12H2. The lowest BCUT2D eigenvalue weighted by Crippen LogP contribution is -2.62. The molecule has 20 heavy (non-hydrogen) atoms. The summed E-state index contributed by atoms with van der Waals surface area (Å²) in [6.07, 6.45) is 3.61. The Balaban J connectivity index is 1.60. The van der Waals surface area contributed by atoms with Gasteiger partial charge in [-0.25, -0.2) is 0 Å². The summed E-state index contributed by atoms with van der Waals surface area (Å²) in [6, 6.07) is 8.88. The highest BCUT2D eigenvalue weighted by Crippen LogP contribution is 2.40. The minimum atomic E-state index is -0.324. The Labute approximate surface area is 121 Å². The fourth-order valence-electron chi connectivity index (χ4n) is 4.04. The van der Waals surface area contributed by atoms with Crippen LogP contribution in [0, 0.1) is 0 Å². The molecule has 3 heteroatoms. The molecule has 108 valence electrons. The summed E-state index contributed by atoms with van der Waals surface area (Å²) in [6.45, 7) is 5.61. The van der Waals surface area contributed by atoms with Gasteiger partial charge in [-0.15, -0.1) is 0 Å². The maximum atomic E-state index is 10.9. The highest BCUT2D eigenvalue weighted by molar-refractivity contribution is 5.34. The Kier molecular flexibility index (Phi) is 3.29. The number of aliphatic hydroxyl groups excluding tert-OH is 1. The van der Waals surface area contributed by atoms with Crippen molar-refractivity contribution >= 4 is 0 Å². The average Bonchev–Trinajstić information content (AvgIpc) is 2.46. The van der Waals surface area contributed by atoms with E-state index in [2.05, 4.69) is 34.1 Å². The molecule has 1 saturated carbocycles. The summed E-state index contributed by atoms with van der Waals surface area (Å²) in [5.41, 5.74) is 2.60. The van der Waals surface area contributed by atoms with Gasteiger partial charge in [-0.05, 0) is 29.9 Å². The summed E-state index contributed by atoms with van der Waals surface area (Å²) in [5, 5.41) is 10.9. The first-order valence-corrected chi connectivity index (χ1v) is 8.06. The van der Waals surface area contributed by atoms with Crippen LogP contribution >= 0.6 is 0 Å². The molecule has 0 spiro atoms. The molecule has 0 radical (unpaired) electrons. The first-order chi connectivity index (χ1) is 9.83. The summed E-state index contributed by atoms with van der Waals surface area (Å²) < 4.78 is 0. The maximum absolute atomic E-state index is 10.9. The first-order valence-electron chi connectivity index (χ1n) is 8.06. The Morgan fingerprint density at radius 2 is 1.80 bits per heavy atom. The molecule has 2 atom stereocenters. The van der Waals surface area contributed by atoms with Crippen molar-refractivity contribution in [1.82, 2.24) is 9.80 Å². The predicted octanol–water partition coefficient (Wildman–Crippen LogP) is 1.99. The number of rotatable bonds is 3. The molecule has 2 unspecified atom stereocenters. The molecular weight excluding hydrogens is 248 g/mol. The van der Waals surface area contributed by atoms with Crippen molar-refractivity contribution in [2.45, 2.75) is 37.3 Å². The second-order valence-corrected chi connectivity index (χ2v) is 6.61. The highest BCUT2D eigenvalue weighted by Gasteiger charge is 2.38. The Bertz CT molecular complexity index is 478. The van der Waals surface area contributed by atoms with Gasteiger partial charge < -0.3 is 5.11 Å². The van der Waals surface area contributed by atoms with E-state index in [1.54, 1.807) is 0 Å². The van der Waals surface area contributed by atoms with Gasteiger partial charge in [-0.1, -0.05) is 30.7 Å². The van der Waals surface area contributed by atoms with Crippen LogP contribution in [0.2, 0.25) is 0 Å². The van der Waals surface area contributed by atoms with Crippen LogP contribution in [0.25, 0.3) is 0 Å². The van der Waals surface area contributed by atoms with Crippen molar-refractivity contribution < 1.29 is 5.11 Å². The van der Waals surface area contributed by atoms with Crippen LogP contribution < -0.4 is 0 Å². The number of nitrogens with zero attached hydrogens (tertiary/aromatic N) is 2. The smallest absolute Gasteiger partial charge is 0.0960 e. The van der Waals surface area contributed by atoms with Gasteiger partial charge in [0.1, 0.15) is 0 Å². The van der Waals surface area contributed by atoms with Gasteiger partial charge >= 0.3 is 0 Å². The summed E-state index contributed by atoms with van der Waals surface area (Å²) in [4.78, 5) is 4.99. The van der Waals surface area contributed by atoms with Gasteiger partial charge in [0.25, 0.3) is 0 Å². The molecule has 1 N–H and O–H groups in total. The third-order valence-electron chi connectivity index (χ3n) is 5.55. The van der Waals surface area contributed by atoms with Gasteiger partial charge in [0.05, 0.1) is 12.1 Å². The third-order valence-corrected chi connectivity index (χ3v) is 5.55. The molecule has 1 aromatic rings. The van der Waals surface area contributed by atoms with Crippen LogP contribution in [-0.2, 0) is 0 Å². The average molecular weight is 272 g/mol. The van der Waals surface area contributed by atoms with E-state index in [0.29, 0.717) is 12.0 Å². The molecule has 3 saturated heterocycles. The first kappa shape index (κ1) is 12.8. The second kappa shape index (κ2) is 5.14. The second-order valence-electron chi connectivity index (χ2n) is 6.61. The molecule has 0 amide bonds. The SMILES string of the molecule is OC(c1ccccc1C1CCC1)C1CN2CCN1CC2. The zero-order valence-corrected chi connectivity index (χ0v) is 12.0. The zero-order valence-electron chi connectivity index (χ0n) is 12.0. The van der Waals surface area contributed by atoms with E-state index in [9.17, 15) is 5.11 Å². The fraction of sp³-hybridized carbons (Fsp3) is 0.647. The Morgan fingerprint density at radius 3 is 2.40 bits per heavy atom. The summed E-state index contributed by atoms with van der Waals surface area (Å²) in [5.74, 6) is 0.692. The van der Waals surface area contributed by atoms with E-state index < -0.39 is 0 Å². The van der Waals surface area contributed by atoms with Crippen molar-refractivity contribution in [2.24, 2.45) is 0 Å². The molecule has 0 aromatic heterocycles. The number of fused-ring (bicyclic) bond motifs is 3. The lowest BCUT2D eigenvalue weighted by atomic mass is 9.76. The third kappa shape index (κ3) is 2.09. The van der Waals surface area contributed by atoms with Crippen LogP contribution in [-0.4, -0.2) is 53.7 Å². The van der Waals surface area contributed by atoms with E-state index in [1.807, 2.05) is 0 Å². The van der Waals surface area contributed by atoms with E-state index in [1.165, 1.54) is 43.5 Å². The van der Waals surface area contributed by atoms with Gasteiger partial charge in [0.15, 0.2) is 0 Å². The van der Waals surface area contributed by atoms with Crippen molar-refractivity contribution in [1.29, 1.82) is 0 Å². The monoisotopic (exact) mass is 272 g/mol. The number of hydrogen-bond donors (Lipinski definition) is 1. The van der Waals surface area contributed by atoms with Crippen molar-refractivity contribution in [2.75, 3.05) is 32.7 Å². The molecule has 3 aliphatic heterocycles. The molecule has 1 aromatic carbocycles. The normalized spacial score (nSPS) is 34.8. The Hall–Kier alpha value is -0.900. The number of aliphatic hydroxyl groups is 1. The minimum absolute atomic E-state index is 0.290. The topological polar surface area (TPSA) is 26.7 Å². The zero-order chi connectivity index (χ0) is 13.5. The van der Waals surface area contributed by atoms with Crippen molar-refractivity contribution in [3.63, 3.8) is 0 Å². The van der Waals surface area contributed by atoms with Crippen LogP contribution in [0.5, 0.6) is 0 Å². The largest absolute Gasteiger partial charge is 0.387 e. The molecule has 4 fully saturated rings. The van der Waals surface area contributed by atoms with E-state index in [4.69, 9.17) is 0 Å². The van der Waals surface area contributed by atoms with Crippen LogP contribution in [0.15, 0.2) is 24.3 Å². The highest BCUT2D eigenvalue weighted by atomic mass is 16.3. The van der Waals surface area contributed by atoms with Gasteiger partial charge in [0.2, 0.25) is 0 Å². The van der Waals surface area contributed by atoms with Crippen molar-refractivity contribution in [3.05, 3.63) is 35.4 Å². The molecule has 3 nitrogen and oxygen atoms in total. The van der Waals surface area contributed by atoms with Crippen LogP contribution in [0.1, 0.15) is 42.4 Å². The fourth-order valence-corrected chi connectivity index (χ4v) is 4.04. The number of benzene rings is 1. The Morgan fingerprint density at radius 1 is 1.05 bits per heavy atom. The van der Waals surface area contributed by atoms with Crippen LogP contribution in [0.4, 0.5) is 0 Å². The molecule has 3 heterocycles. The van der Waals surface area contributed by atoms with Gasteiger partial charge in [-0.2, -0.15) is 0 Å². The van der Waals surface area contributed by atoms with E-state index >= 15 is 0 Å². The minimum Gasteiger partial charge on any atom is -0.387 e. The predicted molar refractivity (Wildman–Crippen MR) is 79.8 cm³/mol. The van der Waals surface area contributed by atoms with Crippen molar-refractivity contribution in [3.8, 4) is 0 Å². The van der Waals surface area contributed by atoms with E-state index in [-0.39, 0.29) is 6.10 Å². The van der Waals surface area contributed by atoms with Gasteiger partial charge in [0, 0.05) is 32.7 Å². The number of piperazine rings is 3. The summed E-state index contributed by atoms with van der Waals surface area (Å²) in [7, 11) is 0. The molecule has 2 bridgehead atoms. The lowest BCUT2D eigenvalue weighted by molar-refractivity contribution is -0.0474. The molecular formula is C17H24N2O. The van der Waals surface area contributed by atoms with Gasteiger partial charge in [-0.3, -0.25) is 9.80 Å². The lowest BCUT2D eigenvalue weighted by Gasteiger charge is -2.49. The summed E-state index contributed by atoms with van der Waals surface area (Å²) >= 11 is 0.